The number of hydrogen-bond donors (Lipinski definition) is 2. The molecular weight excluding hydrogens is 334 g/mol. The maximum Gasteiger partial charge on any atom is 0.328 e. The number of carboxylic acids is 2. The topological polar surface area (TPSA) is 94.9 Å². The number of carbonyl (C=O) groups is 3. The van der Waals surface area contributed by atoms with Crippen molar-refractivity contribution in [3.05, 3.63) is 12.2 Å². The molecule has 0 aliphatic heterocycles. The Labute approximate surface area is 156 Å². The Morgan fingerprint density at radius 3 is 2.12 bits per heavy atom. The maximum atomic E-state index is 11.9. The van der Waals surface area contributed by atoms with E-state index in [-0.39, 0.29) is 0 Å². The van der Waals surface area contributed by atoms with E-state index in [0.717, 1.165) is 25.3 Å². The quantitative estimate of drug-likeness (QED) is 0.670. The smallest absolute Gasteiger partial charge is 0.328 e. The molecule has 2 N–H and O–H groups in total. The number of hydrogen-bond acceptors (Lipinski definition) is 4. The number of fused-ring (bicyclic) bond motifs is 1. The lowest BCUT2D eigenvalue weighted by atomic mass is 9.68. The van der Waals surface area contributed by atoms with Gasteiger partial charge in [-0.1, -0.05) is 13.8 Å². The van der Waals surface area contributed by atoms with E-state index < -0.39 is 11.9 Å². The molecule has 6 nitrogen and oxygen atoms in total. The fraction of sp³-hybridized carbons (Fsp3) is 0.750. The van der Waals surface area contributed by atoms with Gasteiger partial charge in [-0.3, -0.25) is 4.79 Å². The number of nitrogens with zero attached hydrogens (tertiary/aromatic N) is 1. The van der Waals surface area contributed by atoms with Crippen molar-refractivity contribution in [2.75, 3.05) is 13.1 Å². The van der Waals surface area contributed by atoms with Crippen molar-refractivity contribution in [3.63, 3.8) is 0 Å². The molecule has 0 heterocycles. The first-order valence-corrected chi connectivity index (χ1v) is 9.79. The zero-order valence-corrected chi connectivity index (χ0v) is 16.0. The van der Waals surface area contributed by atoms with Gasteiger partial charge in [0.2, 0.25) is 0 Å². The molecule has 26 heavy (non-hydrogen) atoms. The molecule has 6 heteroatoms. The molecule has 3 atom stereocenters. The monoisotopic (exact) mass is 367 g/mol. The summed E-state index contributed by atoms with van der Waals surface area (Å²) in [6, 6.07) is 0.761. The molecule has 0 saturated heterocycles. The minimum Gasteiger partial charge on any atom is -0.478 e. The molecule has 2 saturated carbocycles. The van der Waals surface area contributed by atoms with E-state index in [1.54, 1.807) is 0 Å². The first kappa shape index (κ1) is 22.4. The second-order valence-electron chi connectivity index (χ2n) is 7.24. The van der Waals surface area contributed by atoms with Gasteiger partial charge >= 0.3 is 11.9 Å². The van der Waals surface area contributed by atoms with Gasteiger partial charge in [0.1, 0.15) is 5.78 Å². The summed E-state index contributed by atoms with van der Waals surface area (Å²) in [6.07, 6.45) is 10.6. The lowest BCUT2D eigenvalue weighted by Crippen LogP contribution is -2.44. The predicted molar refractivity (Wildman–Crippen MR) is 100 cm³/mol. The lowest BCUT2D eigenvalue weighted by Gasteiger charge is -2.42. The average Bonchev–Trinajstić information content (AvgIpc) is 2.60. The molecule has 0 radical (unpaired) electrons. The van der Waals surface area contributed by atoms with Crippen molar-refractivity contribution >= 4 is 17.7 Å². The number of ketones is 1. The molecule has 2 aliphatic carbocycles. The number of aliphatic carboxylic acids is 2. The van der Waals surface area contributed by atoms with Crippen molar-refractivity contribution in [2.24, 2.45) is 11.8 Å². The van der Waals surface area contributed by atoms with E-state index in [4.69, 9.17) is 10.2 Å². The largest absolute Gasteiger partial charge is 0.478 e. The van der Waals surface area contributed by atoms with Crippen LogP contribution in [0.2, 0.25) is 0 Å². The number of Topliss-reactive ketones (excluding diaryl/α,β-unsaturated/α-hetero) is 1. The maximum absolute atomic E-state index is 11.9. The molecule has 0 amide bonds. The van der Waals surface area contributed by atoms with Crippen molar-refractivity contribution in [2.45, 2.75) is 71.3 Å². The van der Waals surface area contributed by atoms with Gasteiger partial charge in [0, 0.05) is 30.5 Å². The van der Waals surface area contributed by atoms with Gasteiger partial charge in [-0.25, -0.2) is 9.59 Å². The summed E-state index contributed by atoms with van der Waals surface area (Å²) in [5.74, 6) is -0.802. The highest BCUT2D eigenvalue weighted by molar-refractivity contribution is 5.89. The Morgan fingerprint density at radius 2 is 1.62 bits per heavy atom. The molecular formula is C20H33NO5. The van der Waals surface area contributed by atoms with Gasteiger partial charge in [0.15, 0.2) is 0 Å². The van der Waals surface area contributed by atoms with Crippen molar-refractivity contribution in [1.29, 1.82) is 0 Å². The molecule has 3 unspecified atom stereocenters. The first-order valence-electron chi connectivity index (χ1n) is 9.79. The van der Waals surface area contributed by atoms with Crippen LogP contribution in [0, 0.1) is 11.8 Å². The second-order valence-corrected chi connectivity index (χ2v) is 7.24. The molecule has 0 aromatic carbocycles. The van der Waals surface area contributed by atoms with E-state index in [0.29, 0.717) is 29.8 Å². The van der Waals surface area contributed by atoms with Gasteiger partial charge in [0.25, 0.3) is 0 Å². The minimum atomic E-state index is -1.26. The third kappa shape index (κ3) is 7.68. The molecule has 0 aromatic rings. The highest BCUT2D eigenvalue weighted by Gasteiger charge is 2.38. The van der Waals surface area contributed by atoms with Crippen molar-refractivity contribution in [3.8, 4) is 0 Å². The molecule has 2 fully saturated rings. The normalized spacial score (nSPS) is 25.5. The Bertz CT molecular complexity index is 480. The summed E-state index contributed by atoms with van der Waals surface area (Å²) >= 11 is 0. The highest BCUT2D eigenvalue weighted by atomic mass is 16.4. The van der Waals surface area contributed by atoms with Crippen LogP contribution in [0.1, 0.15) is 65.2 Å². The first-order chi connectivity index (χ1) is 12.4. The summed E-state index contributed by atoms with van der Waals surface area (Å²) in [5, 5.41) is 15.6. The van der Waals surface area contributed by atoms with Crippen LogP contribution in [0.15, 0.2) is 12.2 Å². The summed E-state index contributed by atoms with van der Waals surface area (Å²) in [7, 11) is 0. The molecule has 148 valence electrons. The Balaban J connectivity index is 0.000000359. The van der Waals surface area contributed by atoms with E-state index in [1.165, 1.54) is 45.2 Å². The average molecular weight is 367 g/mol. The summed E-state index contributed by atoms with van der Waals surface area (Å²) in [6.45, 7) is 7.03. The molecule has 2 aliphatic rings. The Morgan fingerprint density at radius 1 is 1.04 bits per heavy atom. The summed E-state index contributed by atoms with van der Waals surface area (Å²) in [4.78, 5) is 33.7. The fourth-order valence-corrected chi connectivity index (χ4v) is 4.23. The lowest BCUT2D eigenvalue weighted by molar-refractivity contribution is -0.134. The zero-order valence-electron chi connectivity index (χ0n) is 16.0. The van der Waals surface area contributed by atoms with Gasteiger partial charge in [-0.05, 0) is 64.0 Å². The van der Waals surface area contributed by atoms with E-state index in [1.807, 2.05) is 0 Å². The molecule has 2 rings (SSSR count). The third-order valence-corrected chi connectivity index (χ3v) is 5.27. The van der Waals surface area contributed by atoms with Crippen molar-refractivity contribution in [1.82, 2.24) is 4.90 Å². The number of carboxylic acid groups (broad SMARTS) is 2. The van der Waals surface area contributed by atoms with Gasteiger partial charge < -0.3 is 15.1 Å². The van der Waals surface area contributed by atoms with E-state index in [9.17, 15) is 14.4 Å². The van der Waals surface area contributed by atoms with Crippen LogP contribution >= 0.6 is 0 Å². The molecule has 0 bridgehead atoms. The number of carbonyl (C=O) groups excluding carboxylic acids is 1. The Hall–Kier alpha value is -1.69. The predicted octanol–water partition coefficient (Wildman–Crippen LogP) is 3.36. The zero-order chi connectivity index (χ0) is 19.5. The van der Waals surface area contributed by atoms with Gasteiger partial charge in [-0.15, -0.1) is 0 Å². The molecule has 0 spiro atoms. The van der Waals surface area contributed by atoms with E-state index >= 15 is 0 Å². The second kappa shape index (κ2) is 11.8. The van der Waals surface area contributed by atoms with Gasteiger partial charge in [0.05, 0.1) is 0 Å². The van der Waals surface area contributed by atoms with Crippen LogP contribution in [0.3, 0.4) is 0 Å². The molecule has 0 aromatic heterocycles. The van der Waals surface area contributed by atoms with Crippen LogP contribution in [-0.2, 0) is 14.4 Å². The number of rotatable bonds is 7. The van der Waals surface area contributed by atoms with Crippen LogP contribution in [0.25, 0.3) is 0 Å². The van der Waals surface area contributed by atoms with Gasteiger partial charge in [-0.2, -0.15) is 0 Å². The standard InChI is InChI=1S/C16H29NO.C4H4O4/c1-3-10-17(11-4-2)14-8-9-15-13(12-14)6-5-7-16(15)18;5-3(6)1-2-4(7)8/h13-15H,3-12H2,1-2H3;1-2H,(H,5,6)(H,7,8)/b;2-1-. The third-order valence-electron chi connectivity index (χ3n) is 5.27. The highest BCUT2D eigenvalue weighted by Crippen LogP contribution is 2.40. The SMILES string of the molecule is CCCN(CCC)C1CCC2C(=O)CCCC2C1.O=C(O)/C=C\C(=O)O. The van der Waals surface area contributed by atoms with Crippen LogP contribution in [-0.4, -0.2) is 52.0 Å². The minimum absolute atomic E-state index is 0.431. The summed E-state index contributed by atoms with van der Waals surface area (Å²) in [5.41, 5.74) is 0. The van der Waals surface area contributed by atoms with Crippen LogP contribution in [0.4, 0.5) is 0 Å². The van der Waals surface area contributed by atoms with Crippen LogP contribution in [0.5, 0.6) is 0 Å². The van der Waals surface area contributed by atoms with Crippen LogP contribution < -0.4 is 0 Å². The fourth-order valence-electron chi connectivity index (χ4n) is 4.23. The Kier molecular flexibility index (Phi) is 10.2. The summed E-state index contributed by atoms with van der Waals surface area (Å²) < 4.78 is 0. The van der Waals surface area contributed by atoms with Crippen molar-refractivity contribution < 1.29 is 24.6 Å². The van der Waals surface area contributed by atoms with E-state index in [2.05, 4.69) is 18.7 Å².